The van der Waals surface area contributed by atoms with Crippen molar-refractivity contribution in [1.29, 1.82) is 0 Å². The molecule has 2 heterocycles. The first-order valence-corrected chi connectivity index (χ1v) is 12.1. The number of nitrogens with zero attached hydrogens (tertiary/aromatic N) is 2. The Balaban J connectivity index is 1.59. The maximum absolute atomic E-state index is 13.4. The van der Waals surface area contributed by atoms with Gasteiger partial charge in [0.2, 0.25) is 11.8 Å². The van der Waals surface area contributed by atoms with Crippen molar-refractivity contribution in [3.05, 3.63) is 70.1 Å². The molecule has 0 saturated carbocycles. The molecule has 1 aromatic heterocycles. The molecule has 1 saturated heterocycles. The van der Waals surface area contributed by atoms with Gasteiger partial charge in [0, 0.05) is 6.42 Å². The molecule has 0 unspecified atom stereocenters. The zero-order valence-corrected chi connectivity index (χ0v) is 21.2. The summed E-state index contributed by atoms with van der Waals surface area (Å²) in [4.78, 5) is 56.0. The molecule has 0 aliphatic carbocycles. The highest BCUT2D eigenvalue weighted by Crippen LogP contribution is 2.31. The SMILES string of the molecule is COC(=O)Oc1csc(NC(=O)[C@H](Cc2ccccc2)N2C(=O)N[C@H](c3ccc(OC)c(Cl)c3)C2=O)n1. The number of carbonyl (C=O) groups is 4. The van der Waals surface area contributed by atoms with Gasteiger partial charge in [0.1, 0.15) is 17.8 Å². The van der Waals surface area contributed by atoms with Crippen LogP contribution in [0.5, 0.6) is 11.6 Å². The van der Waals surface area contributed by atoms with Crippen LogP contribution in [0.3, 0.4) is 0 Å². The van der Waals surface area contributed by atoms with Crippen molar-refractivity contribution in [3.63, 3.8) is 0 Å². The average molecular weight is 545 g/mol. The van der Waals surface area contributed by atoms with Crippen LogP contribution in [0, 0.1) is 0 Å². The molecule has 1 aliphatic rings. The van der Waals surface area contributed by atoms with Crippen molar-refractivity contribution in [3.8, 4) is 11.6 Å². The number of thiazole rings is 1. The van der Waals surface area contributed by atoms with E-state index in [4.69, 9.17) is 21.1 Å². The lowest BCUT2D eigenvalue weighted by molar-refractivity contribution is -0.134. The minimum atomic E-state index is -1.21. The highest BCUT2D eigenvalue weighted by atomic mass is 35.5. The highest BCUT2D eigenvalue weighted by Gasteiger charge is 2.45. The first kappa shape index (κ1) is 25.9. The maximum Gasteiger partial charge on any atom is 0.514 e. The average Bonchev–Trinajstić information content (AvgIpc) is 3.45. The summed E-state index contributed by atoms with van der Waals surface area (Å²) >= 11 is 7.20. The van der Waals surface area contributed by atoms with Gasteiger partial charge in [0.25, 0.3) is 5.91 Å². The van der Waals surface area contributed by atoms with E-state index in [0.29, 0.717) is 11.3 Å². The molecule has 1 aliphatic heterocycles. The van der Waals surface area contributed by atoms with Gasteiger partial charge in [-0.2, -0.15) is 4.98 Å². The number of ether oxygens (including phenoxy) is 3. The van der Waals surface area contributed by atoms with E-state index in [1.807, 2.05) is 6.07 Å². The molecule has 3 aromatic rings. The molecule has 2 atom stereocenters. The number of urea groups is 1. The minimum Gasteiger partial charge on any atom is -0.495 e. The molecular formula is C24H21ClN4O7S. The maximum atomic E-state index is 13.4. The summed E-state index contributed by atoms with van der Waals surface area (Å²) in [5, 5.41) is 7.00. The lowest BCUT2D eigenvalue weighted by atomic mass is 10.0. The van der Waals surface area contributed by atoms with Crippen LogP contribution in [-0.4, -0.2) is 54.1 Å². The molecule has 11 nitrogen and oxygen atoms in total. The highest BCUT2D eigenvalue weighted by molar-refractivity contribution is 7.14. The van der Waals surface area contributed by atoms with Gasteiger partial charge < -0.3 is 24.8 Å². The smallest absolute Gasteiger partial charge is 0.495 e. The number of anilines is 1. The Bertz CT molecular complexity index is 1330. The van der Waals surface area contributed by atoms with Crippen molar-refractivity contribution in [1.82, 2.24) is 15.2 Å². The topological polar surface area (TPSA) is 136 Å². The Morgan fingerprint density at radius 1 is 1.19 bits per heavy atom. The fourth-order valence-corrected chi connectivity index (χ4v) is 4.58. The Hall–Kier alpha value is -4.16. The van der Waals surface area contributed by atoms with Crippen LogP contribution >= 0.6 is 22.9 Å². The molecular weight excluding hydrogens is 524 g/mol. The Labute approximate surface area is 220 Å². The summed E-state index contributed by atoms with van der Waals surface area (Å²) in [7, 11) is 2.61. The van der Waals surface area contributed by atoms with Gasteiger partial charge in [-0.15, -0.1) is 11.3 Å². The van der Waals surface area contributed by atoms with E-state index in [2.05, 4.69) is 20.4 Å². The Morgan fingerprint density at radius 3 is 2.62 bits per heavy atom. The molecule has 2 N–H and O–H groups in total. The fraction of sp³-hybridized carbons (Fsp3) is 0.208. The van der Waals surface area contributed by atoms with E-state index in [1.54, 1.807) is 36.4 Å². The summed E-state index contributed by atoms with van der Waals surface area (Å²) in [6, 6.07) is 10.7. The van der Waals surface area contributed by atoms with Crippen LogP contribution in [0.25, 0.3) is 0 Å². The molecule has 2 aromatic carbocycles. The van der Waals surface area contributed by atoms with E-state index in [0.717, 1.165) is 28.9 Å². The first-order chi connectivity index (χ1) is 17.8. The number of benzene rings is 2. The van der Waals surface area contributed by atoms with Gasteiger partial charge in [-0.25, -0.2) is 14.5 Å². The number of carbonyl (C=O) groups excluding carboxylic acids is 4. The van der Waals surface area contributed by atoms with E-state index in [-0.39, 0.29) is 22.5 Å². The molecule has 4 rings (SSSR count). The molecule has 4 amide bonds. The number of rotatable bonds is 8. The lowest BCUT2D eigenvalue weighted by Gasteiger charge is -2.24. The predicted octanol–water partition coefficient (Wildman–Crippen LogP) is 3.79. The van der Waals surface area contributed by atoms with Gasteiger partial charge in [-0.1, -0.05) is 48.0 Å². The van der Waals surface area contributed by atoms with Crippen LogP contribution < -0.4 is 20.1 Å². The van der Waals surface area contributed by atoms with Crippen LogP contribution in [0.1, 0.15) is 17.2 Å². The van der Waals surface area contributed by atoms with Crippen LogP contribution in [-0.2, 0) is 20.7 Å². The normalized spacial score (nSPS) is 15.6. The quantitative estimate of drug-likeness (QED) is 0.323. The third-order valence-corrected chi connectivity index (χ3v) is 6.47. The number of halogens is 1. The van der Waals surface area contributed by atoms with E-state index in [1.165, 1.54) is 18.6 Å². The van der Waals surface area contributed by atoms with Crippen LogP contribution in [0.2, 0.25) is 5.02 Å². The number of amides is 4. The molecule has 37 heavy (non-hydrogen) atoms. The Morgan fingerprint density at radius 2 is 1.95 bits per heavy atom. The first-order valence-electron chi connectivity index (χ1n) is 10.8. The summed E-state index contributed by atoms with van der Waals surface area (Å²) in [6.07, 6.45) is -0.909. The Kier molecular flexibility index (Phi) is 7.89. The number of imide groups is 1. The third kappa shape index (κ3) is 5.81. The molecule has 13 heteroatoms. The number of hydrogen-bond acceptors (Lipinski definition) is 9. The zero-order valence-electron chi connectivity index (χ0n) is 19.6. The molecule has 0 radical (unpaired) electrons. The standard InChI is InChI=1S/C24H21ClN4O7S/c1-34-17-9-8-14(11-15(17)25)19-21(31)29(23(32)27-19)16(10-13-6-4-3-5-7-13)20(30)28-22-26-18(12-37-22)36-24(33)35-2/h3-9,11-12,16,19H,10H2,1-2H3,(H,27,32)(H,26,28,30)/t16-,19+/m0/s1. The van der Waals surface area contributed by atoms with Crippen molar-refractivity contribution in [2.24, 2.45) is 0 Å². The van der Waals surface area contributed by atoms with Gasteiger partial charge in [0.05, 0.1) is 24.6 Å². The van der Waals surface area contributed by atoms with Gasteiger partial charge in [-0.3, -0.25) is 9.59 Å². The van der Waals surface area contributed by atoms with Gasteiger partial charge in [-0.05, 0) is 23.3 Å². The number of methoxy groups -OCH3 is 2. The second kappa shape index (κ2) is 11.3. The monoisotopic (exact) mass is 544 g/mol. The van der Waals surface area contributed by atoms with E-state index >= 15 is 0 Å². The van der Waals surface area contributed by atoms with Crippen LogP contribution in [0.15, 0.2) is 53.9 Å². The third-order valence-electron chi connectivity index (χ3n) is 5.43. The summed E-state index contributed by atoms with van der Waals surface area (Å²) in [5.74, 6) is -0.923. The summed E-state index contributed by atoms with van der Waals surface area (Å²) in [6.45, 7) is 0. The van der Waals surface area contributed by atoms with Crippen molar-refractivity contribution in [2.75, 3.05) is 19.5 Å². The predicted molar refractivity (Wildman–Crippen MR) is 134 cm³/mol. The molecule has 0 bridgehead atoms. The zero-order chi connectivity index (χ0) is 26.5. The second-order valence-electron chi connectivity index (χ2n) is 7.73. The van der Waals surface area contributed by atoms with Crippen molar-refractivity contribution < 1.29 is 33.4 Å². The van der Waals surface area contributed by atoms with Crippen molar-refractivity contribution in [2.45, 2.75) is 18.5 Å². The largest absolute Gasteiger partial charge is 0.514 e. The van der Waals surface area contributed by atoms with Crippen molar-refractivity contribution >= 4 is 52.1 Å². The van der Waals surface area contributed by atoms with E-state index < -0.39 is 36.1 Å². The number of hydrogen-bond donors (Lipinski definition) is 2. The van der Waals surface area contributed by atoms with E-state index in [9.17, 15) is 19.2 Å². The lowest BCUT2D eigenvalue weighted by Crippen LogP contribution is -2.49. The molecule has 1 fully saturated rings. The number of aromatic nitrogens is 1. The van der Waals surface area contributed by atoms with Gasteiger partial charge >= 0.3 is 12.2 Å². The molecule has 0 spiro atoms. The summed E-state index contributed by atoms with van der Waals surface area (Å²) in [5.41, 5.74) is 1.17. The minimum absolute atomic E-state index is 0.0544. The molecule has 192 valence electrons. The van der Waals surface area contributed by atoms with Gasteiger partial charge in [0.15, 0.2) is 5.13 Å². The van der Waals surface area contributed by atoms with Crippen LogP contribution in [0.4, 0.5) is 14.7 Å². The second-order valence-corrected chi connectivity index (χ2v) is 8.99. The number of nitrogens with one attached hydrogen (secondary N) is 2. The summed E-state index contributed by atoms with van der Waals surface area (Å²) < 4.78 is 14.4. The fourth-order valence-electron chi connectivity index (χ4n) is 3.69.